The third-order valence-electron chi connectivity index (χ3n) is 5.15. The lowest BCUT2D eigenvalue weighted by Crippen LogP contribution is -2.55. The van der Waals surface area contributed by atoms with Crippen LogP contribution in [-0.2, 0) is 4.79 Å². The van der Waals surface area contributed by atoms with Crippen molar-refractivity contribution in [2.45, 2.75) is 43.4 Å². The predicted molar refractivity (Wildman–Crippen MR) is 118 cm³/mol. The number of hydrogen-bond acceptors (Lipinski definition) is 8. The molecular weight excluding hydrogens is 513 g/mol. The van der Waals surface area contributed by atoms with Crippen LogP contribution in [0.25, 0.3) is 5.65 Å². The molecule has 1 amide bonds. The molecule has 2 atom stereocenters. The van der Waals surface area contributed by atoms with Crippen molar-refractivity contribution in [3.63, 3.8) is 0 Å². The molecule has 0 spiro atoms. The number of carbonyl (C=O) groups excluding carboxylic acids is 1. The molecular formula is C20H18F5N7O3S. The van der Waals surface area contributed by atoms with Gasteiger partial charge < -0.3 is 21.5 Å². The molecule has 16 heteroatoms. The number of halogens is 5. The zero-order chi connectivity index (χ0) is 26.7. The molecule has 5 N–H and O–H groups in total. The fourth-order valence-electron chi connectivity index (χ4n) is 3.34. The van der Waals surface area contributed by atoms with Gasteiger partial charge in [0.05, 0.1) is 17.9 Å². The molecule has 1 saturated carbocycles. The maximum atomic E-state index is 13.9. The Morgan fingerprint density at radius 2 is 2.03 bits per heavy atom. The molecule has 3 heterocycles. The number of carboxylic acids is 1. The number of carbonyl (C=O) groups is 2. The van der Waals surface area contributed by atoms with Crippen LogP contribution >= 0.6 is 11.3 Å². The van der Waals surface area contributed by atoms with Crippen LogP contribution in [0.15, 0.2) is 29.9 Å². The predicted octanol–water partition coefficient (Wildman–Crippen LogP) is 3.48. The Labute approximate surface area is 203 Å². The first kappa shape index (κ1) is 26.8. The summed E-state index contributed by atoms with van der Waals surface area (Å²) in [6, 6.07) is 3.30. The summed E-state index contributed by atoms with van der Waals surface area (Å²) in [6.45, 7) is 0. The number of rotatable bonds is 4. The van der Waals surface area contributed by atoms with Gasteiger partial charge in [-0.1, -0.05) is 0 Å². The lowest BCUT2D eigenvalue weighted by molar-refractivity contribution is -0.192. The van der Waals surface area contributed by atoms with Crippen LogP contribution in [0.3, 0.4) is 0 Å². The Hall–Kier alpha value is -3.84. The Kier molecular flexibility index (Phi) is 7.74. The third-order valence-corrected chi connectivity index (χ3v) is 5.97. The van der Waals surface area contributed by atoms with Gasteiger partial charge in [0.25, 0.3) is 11.8 Å². The number of nitriles is 1. The topological polar surface area (TPSA) is 158 Å². The molecule has 0 unspecified atom stereocenters. The molecule has 1 fully saturated rings. The van der Waals surface area contributed by atoms with E-state index in [2.05, 4.69) is 20.7 Å². The minimum absolute atomic E-state index is 0.196. The molecule has 0 aromatic carbocycles. The highest BCUT2D eigenvalue weighted by Crippen LogP contribution is 2.33. The number of hydrogen-bond donors (Lipinski definition) is 4. The van der Waals surface area contributed by atoms with Gasteiger partial charge >= 0.3 is 12.1 Å². The van der Waals surface area contributed by atoms with E-state index in [0.29, 0.717) is 29.2 Å². The minimum Gasteiger partial charge on any atom is -0.475 e. The van der Waals surface area contributed by atoms with E-state index >= 15 is 0 Å². The number of carboxylic acid groups (broad SMARTS) is 1. The van der Waals surface area contributed by atoms with Crippen LogP contribution < -0.4 is 16.4 Å². The van der Waals surface area contributed by atoms with E-state index in [-0.39, 0.29) is 17.6 Å². The van der Waals surface area contributed by atoms with Crippen molar-refractivity contribution in [2.24, 2.45) is 5.73 Å². The molecule has 3 aromatic heterocycles. The van der Waals surface area contributed by atoms with E-state index in [4.69, 9.17) is 20.9 Å². The number of nitrogens with zero attached hydrogens (tertiary/aromatic N) is 4. The molecule has 1 aliphatic rings. The van der Waals surface area contributed by atoms with Gasteiger partial charge in [-0.3, -0.25) is 4.79 Å². The lowest BCUT2D eigenvalue weighted by Gasteiger charge is -2.36. The first-order valence-electron chi connectivity index (χ1n) is 10.2. The van der Waals surface area contributed by atoms with E-state index in [1.807, 2.05) is 6.07 Å². The molecule has 0 saturated heterocycles. The fourth-order valence-corrected chi connectivity index (χ4v) is 3.98. The molecule has 1 aliphatic carbocycles. The van der Waals surface area contributed by atoms with Crippen LogP contribution in [0.1, 0.15) is 34.5 Å². The molecule has 4 rings (SSSR count). The first-order valence-corrected chi connectivity index (χ1v) is 11.0. The van der Waals surface area contributed by atoms with Crippen molar-refractivity contribution in [2.75, 3.05) is 10.6 Å². The van der Waals surface area contributed by atoms with Gasteiger partial charge in [0.15, 0.2) is 5.65 Å². The second-order valence-corrected chi connectivity index (χ2v) is 8.52. The largest absolute Gasteiger partial charge is 0.490 e. The number of nitrogens with one attached hydrogen (secondary N) is 2. The van der Waals surface area contributed by atoms with Gasteiger partial charge in [0.1, 0.15) is 22.3 Å². The summed E-state index contributed by atoms with van der Waals surface area (Å²) >= 11 is 1.22. The number of amides is 1. The molecule has 0 bridgehead atoms. The number of thiophene rings is 1. The maximum absolute atomic E-state index is 13.9. The van der Waals surface area contributed by atoms with Crippen molar-refractivity contribution < 1.29 is 36.6 Å². The van der Waals surface area contributed by atoms with Gasteiger partial charge in [-0.25, -0.2) is 23.1 Å². The molecule has 0 radical (unpaired) electrons. The highest BCUT2D eigenvalue weighted by molar-refractivity contribution is 7.11. The van der Waals surface area contributed by atoms with Gasteiger partial charge in [0, 0.05) is 18.7 Å². The van der Waals surface area contributed by atoms with Gasteiger partial charge in [-0.15, -0.1) is 11.3 Å². The zero-order valence-electron chi connectivity index (χ0n) is 18.1. The van der Waals surface area contributed by atoms with E-state index in [1.165, 1.54) is 22.0 Å². The molecule has 3 aromatic rings. The van der Waals surface area contributed by atoms with Crippen molar-refractivity contribution >= 4 is 40.4 Å². The highest BCUT2D eigenvalue weighted by Gasteiger charge is 2.44. The highest BCUT2D eigenvalue weighted by atomic mass is 32.1. The number of anilines is 2. The van der Waals surface area contributed by atoms with Crippen molar-refractivity contribution in [1.82, 2.24) is 14.6 Å². The Balaban J connectivity index is 0.000000454. The maximum Gasteiger partial charge on any atom is 0.490 e. The van der Waals surface area contributed by atoms with Crippen molar-refractivity contribution in [3.05, 3.63) is 40.3 Å². The Bertz CT molecular complexity index is 1300. The lowest BCUT2D eigenvalue weighted by atomic mass is 9.87. The van der Waals surface area contributed by atoms with Crippen molar-refractivity contribution in [3.8, 4) is 6.07 Å². The van der Waals surface area contributed by atoms with Crippen LogP contribution in [0, 0.1) is 11.3 Å². The van der Waals surface area contributed by atoms with Crippen molar-refractivity contribution in [1.29, 1.82) is 5.26 Å². The number of aromatic nitrogens is 3. The van der Waals surface area contributed by atoms with E-state index in [1.54, 1.807) is 23.7 Å². The molecule has 0 aliphatic heterocycles. The summed E-state index contributed by atoms with van der Waals surface area (Å²) in [7, 11) is 0. The van der Waals surface area contributed by atoms with E-state index in [0.717, 1.165) is 0 Å². The average Bonchev–Trinajstić information content (AvgIpc) is 3.43. The minimum atomic E-state index is -5.08. The number of nitrogens with two attached hydrogens (primary N) is 1. The SMILES string of the molecule is N#Cc1sccc1NC(=O)c1cnn2ccc(N[C@@H]3CCCC(F)(F)[C@@H]3N)nc12.O=C(O)C(F)(F)F. The smallest absolute Gasteiger partial charge is 0.475 e. The van der Waals surface area contributed by atoms with Gasteiger partial charge in [0.2, 0.25) is 0 Å². The second-order valence-electron chi connectivity index (χ2n) is 7.60. The van der Waals surface area contributed by atoms with Crippen LogP contribution in [-0.4, -0.2) is 55.8 Å². The number of fused-ring (bicyclic) bond motifs is 1. The summed E-state index contributed by atoms with van der Waals surface area (Å²) < 4.78 is 60.9. The summed E-state index contributed by atoms with van der Waals surface area (Å²) in [6.07, 6.45) is -1.49. The summed E-state index contributed by atoms with van der Waals surface area (Å²) in [4.78, 5) is 26.3. The molecule has 36 heavy (non-hydrogen) atoms. The summed E-state index contributed by atoms with van der Waals surface area (Å²) in [5, 5.41) is 27.6. The average molecular weight is 531 g/mol. The summed E-state index contributed by atoms with van der Waals surface area (Å²) in [5.41, 5.74) is 6.60. The van der Waals surface area contributed by atoms with Gasteiger partial charge in [-0.2, -0.15) is 23.5 Å². The van der Waals surface area contributed by atoms with E-state index in [9.17, 15) is 26.7 Å². The monoisotopic (exact) mass is 531 g/mol. The Morgan fingerprint density at radius 1 is 1.33 bits per heavy atom. The normalized spacial score (nSPS) is 19.0. The Morgan fingerprint density at radius 3 is 2.67 bits per heavy atom. The molecule has 10 nitrogen and oxygen atoms in total. The standard InChI is InChI=1S/C18H17F2N7OS.C2HF3O2/c19-18(20)5-1-2-12(15(18)22)24-14-3-6-27-16(26-14)10(9-23-27)17(28)25-11-4-7-29-13(11)8-21;3-2(4,5)1(6)7/h3-4,6-7,9,12,15H,1-2,5,22H2,(H,24,26)(H,25,28);(H,6,7)/t12-,15-;/m1./s1. The first-order chi connectivity index (χ1) is 16.8. The second kappa shape index (κ2) is 10.4. The zero-order valence-corrected chi connectivity index (χ0v) is 18.9. The number of aliphatic carboxylic acids is 1. The summed E-state index contributed by atoms with van der Waals surface area (Å²) in [5.74, 6) is -5.83. The third kappa shape index (κ3) is 6.04. The quantitative estimate of drug-likeness (QED) is 0.373. The fraction of sp³-hybridized carbons (Fsp3) is 0.350. The van der Waals surface area contributed by atoms with Crippen LogP contribution in [0.4, 0.5) is 33.5 Å². The molecule has 192 valence electrons. The van der Waals surface area contributed by atoms with Crippen LogP contribution in [0.2, 0.25) is 0 Å². The van der Waals surface area contributed by atoms with Gasteiger partial charge in [-0.05, 0) is 30.4 Å². The van der Waals surface area contributed by atoms with E-state index < -0.39 is 36.1 Å². The number of alkyl halides is 5. The van der Waals surface area contributed by atoms with Crippen LogP contribution in [0.5, 0.6) is 0 Å².